The molecule has 4 unspecified atom stereocenters. The standard InChI is InChI=1S/C15H28N2OS/c1-5-19-14-8-6-7-13(14)17-11(4)16-12(15(17)18)9-10(2)3/h10-14,16H,5-9H2,1-4H3. The molecule has 1 amide bonds. The van der Waals surface area contributed by atoms with E-state index in [1.54, 1.807) is 0 Å². The van der Waals surface area contributed by atoms with Gasteiger partial charge in [-0.1, -0.05) is 27.2 Å². The Morgan fingerprint density at radius 3 is 2.79 bits per heavy atom. The summed E-state index contributed by atoms with van der Waals surface area (Å²) in [6, 6.07) is 0.500. The summed E-state index contributed by atoms with van der Waals surface area (Å²) in [4.78, 5) is 14.8. The van der Waals surface area contributed by atoms with E-state index in [9.17, 15) is 4.79 Å². The van der Waals surface area contributed by atoms with Gasteiger partial charge in [-0.05, 0) is 37.9 Å². The molecule has 1 N–H and O–H groups in total. The van der Waals surface area contributed by atoms with E-state index in [1.807, 2.05) is 11.8 Å². The van der Waals surface area contributed by atoms with Crippen LogP contribution in [0.25, 0.3) is 0 Å². The zero-order chi connectivity index (χ0) is 14.0. The molecule has 0 radical (unpaired) electrons. The van der Waals surface area contributed by atoms with Crippen molar-refractivity contribution in [3.05, 3.63) is 0 Å². The fraction of sp³-hybridized carbons (Fsp3) is 0.933. The summed E-state index contributed by atoms with van der Waals surface area (Å²) in [7, 11) is 0. The summed E-state index contributed by atoms with van der Waals surface area (Å²) < 4.78 is 0. The van der Waals surface area contributed by atoms with E-state index in [-0.39, 0.29) is 12.2 Å². The van der Waals surface area contributed by atoms with Crippen LogP contribution in [0.2, 0.25) is 0 Å². The molecule has 19 heavy (non-hydrogen) atoms. The molecule has 0 bridgehead atoms. The fourth-order valence-electron chi connectivity index (χ4n) is 3.54. The van der Waals surface area contributed by atoms with Crippen molar-refractivity contribution in [2.75, 3.05) is 5.75 Å². The highest BCUT2D eigenvalue weighted by Crippen LogP contribution is 2.36. The highest BCUT2D eigenvalue weighted by molar-refractivity contribution is 7.99. The lowest BCUT2D eigenvalue weighted by atomic mass is 10.0. The van der Waals surface area contributed by atoms with Crippen molar-refractivity contribution in [2.24, 2.45) is 5.92 Å². The zero-order valence-corrected chi connectivity index (χ0v) is 13.5. The Bertz CT molecular complexity index is 321. The van der Waals surface area contributed by atoms with Gasteiger partial charge in [-0.3, -0.25) is 10.1 Å². The van der Waals surface area contributed by atoms with Crippen molar-refractivity contribution in [3.63, 3.8) is 0 Å². The van der Waals surface area contributed by atoms with Gasteiger partial charge in [0.15, 0.2) is 0 Å². The van der Waals surface area contributed by atoms with Crippen LogP contribution in [0.1, 0.15) is 53.4 Å². The van der Waals surface area contributed by atoms with E-state index in [0.29, 0.717) is 23.1 Å². The van der Waals surface area contributed by atoms with E-state index in [2.05, 4.69) is 37.9 Å². The number of nitrogens with zero attached hydrogens (tertiary/aromatic N) is 1. The van der Waals surface area contributed by atoms with Gasteiger partial charge in [-0.15, -0.1) is 0 Å². The fourth-order valence-corrected chi connectivity index (χ4v) is 4.79. The minimum atomic E-state index is 0.0443. The quantitative estimate of drug-likeness (QED) is 0.842. The number of rotatable bonds is 5. The molecule has 2 aliphatic rings. The van der Waals surface area contributed by atoms with Gasteiger partial charge in [0.1, 0.15) is 0 Å². The minimum Gasteiger partial charge on any atom is -0.322 e. The Kier molecular flexibility index (Phi) is 5.18. The molecule has 2 rings (SSSR count). The van der Waals surface area contributed by atoms with E-state index < -0.39 is 0 Å². The second-order valence-electron chi connectivity index (χ2n) is 6.26. The zero-order valence-electron chi connectivity index (χ0n) is 12.7. The maximum Gasteiger partial charge on any atom is 0.241 e. The predicted octanol–water partition coefficient (Wildman–Crippen LogP) is 2.85. The van der Waals surface area contributed by atoms with Gasteiger partial charge in [0, 0.05) is 11.3 Å². The number of amides is 1. The smallest absolute Gasteiger partial charge is 0.241 e. The highest BCUT2D eigenvalue weighted by atomic mass is 32.2. The SMILES string of the molecule is CCSC1CCCC1N1C(=O)C(CC(C)C)NC1C. The molecule has 110 valence electrons. The van der Waals surface area contributed by atoms with Crippen molar-refractivity contribution >= 4 is 17.7 Å². The summed E-state index contributed by atoms with van der Waals surface area (Å²) in [5, 5.41) is 4.14. The number of hydrogen-bond acceptors (Lipinski definition) is 3. The normalized spacial score (nSPS) is 35.6. The number of hydrogen-bond donors (Lipinski definition) is 1. The average molecular weight is 284 g/mol. The summed E-state index contributed by atoms with van der Waals surface area (Å²) >= 11 is 2.03. The van der Waals surface area contributed by atoms with E-state index in [4.69, 9.17) is 0 Å². The molecule has 4 heteroatoms. The van der Waals surface area contributed by atoms with Crippen molar-refractivity contribution in [1.82, 2.24) is 10.2 Å². The van der Waals surface area contributed by atoms with Crippen LogP contribution in [0.5, 0.6) is 0 Å². The molecular formula is C15H28N2OS. The van der Waals surface area contributed by atoms with Crippen LogP contribution in [0.3, 0.4) is 0 Å². The maximum atomic E-state index is 12.6. The molecule has 2 fully saturated rings. The van der Waals surface area contributed by atoms with Crippen molar-refractivity contribution in [3.8, 4) is 0 Å². The summed E-state index contributed by atoms with van der Waals surface area (Å²) in [6.45, 7) is 8.74. The third kappa shape index (κ3) is 3.27. The number of nitrogens with one attached hydrogen (secondary N) is 1. The predicted molar refractivity (Wildman–Crippen MR) is 82.2 cm³/mol. The van der Waals surface area contributed by atoms with Gasteiger partial charge in [0.25, 0.3) is 0 Å². The van der Waals surface area contributed by atoms with Crippen LogP contribution >= 0.6 is 11.8 Å². The van der Waals surface area contributed by atoms with Crippen LogP contribution in [0.15, 0.2) is 0 Å². The molecule has 1 saturated carbocycles. The number of thioether (sulfide) groups is 1. The third-order valence-corrected chi connectivity index (χ3v) is 5.59. The largest absolute Gasteiger partial charge is 0.322 e. The van der Waals surface area contributed by atoms with E-state index in [1.165, 1.54) is 19.3 Å². The average Bonchev–Trinajstić information content (AvgIpc) is 2.86. The van der Waals surface area contributed by atoms with Gasteiger partial charge in [0.2, 0.25) is 5.91 Å². The first-order valence-electron chi connectivity index (χ1n) is 7.74. The van der Waals surface area contributed by atoms with Crippen LogP contribution < -0.4 is 5.32 Å². The first-order chi connectivity index (χ1) is 9.04. The van der Waals surface area contributed by atoms with Gasteiger partial charge >= 0.3 is 0 Å². The lowest BCUT2D eigenvalue weighted by Crippen LogP contribution is -2.46. The monoisotopic (exact) mass is 284 g/mol. The molecule has 1 aliphatic carbocycles. The Balaban J connectivity index is 2.05. The maximum absolute atomic E-state index is 12.6. The molecule has 1 aliphatic heterocycles. The second-order valence-corrected chi connectivity index (χ2v) is 7.78. The number of carbonyl (C=O) groups is 1. The topological polar surface area (TPSA) is 32.3 Å². The van der Waals surface area contributed by atoms with Gasteiger partial charge in [-0.2, -0.15) is 11.8 Å². The van der Waals surface area contributed by atoms with Gasteiger partial charge < -0.3 is 4.90 Å². The van der Waals surface area contributed by atoms with Crippen molar-refractivity contribution < 1.29 is 4.79 Å². The minimum absolute atomic E-state index is 0.0443. The van der Waals surface area contributed by atoms with E-state index in [0.717, 1.165) is 12.2 Å². The summed E-state index contributed by atoms with van der Waals surface area (Å²) in [5.74, 6) is 2.06. The molecule has 0 aromatic rings. The number of carbonyl (C=O) groups excluding carboxylic acids is 1. The van der Waals surface area contributed by atoms with Crippen LogP contribution in [0, 0.1) is 5.92 Å². The molecule has 1 heterocycles. The Morgan fingerprint density at radius 2 is 2.16 bits per heavy atom. The first kappa shape index (κ1) is 15.2. The van der Waals surface area contributed by atoms with Crippen molar-refractivity contribution in [2.45, 2.75) is 76.9 Å². The van der Waals surface area contributed by atoms with Crippen LogP contribution in [-0.2, 0) is 4.79 Å². The molecule has 1 saturated heterocycles. The van der Waals surface area contributed by atoms with Crippen molar-refractivity contribution in [1.29, 1.82) is 0 Å². The molecule has 0 aromatic heterocycles. The lowest BCUT2D eigenvalue weighted by Gasteiger charge is -2.32. The Hall–Kier alpha value is -0.220. The highest BCUT2D eigenvalue weighted by Gasteiger charge is 2.44. The molecule has 3 nitrogen and oxygen atoms in total. The van der Waals surface area contributed by atoms with Gasteiger partial charge in [0.05, 0.1) is 12.2 Å². The summed E-state index contributed by atoms with van der Waals surface area (Å²) in [5.41, 5.74) is 0. The molecule has 0 spiro atoms. The van der Waals surface area contributed by atoms with Crippen LogP contribution in [0.4, 0.5) is 0 Å². The molecule has 4 atom stereocenters. The Morgan fingerprint density at radius 1 is 1.42 bits per heavy atom. The molecular weight excluding hydrogens is 256 g/mol. The first-order valence-corrected chi connectivity index (χ1v) is 8.79. The van der Waals surface area contributed by atoms with Gasteiger partial charge in [-0.25, -0.2) is 0 Å². The third-order valence-electron chi connectivity index (χ3n) is 4.28. The molecule has 0 aromatic carbocycles. The second kappa shape index (κ2) is 6.49. The lowest BCUT2D eigenvalue weighted by molar-refractivity contribution is -0.132. The Labute approximate surface area is 121 Å². The summed E-state index contributed by atoms with van der Waals surface area (Å²) in [6.07, 6.45) is 4.89. The van der Waals surface area contributed by atoms with Crippen LogP contribution in [-0.4, -0.2) is 40.1 Å². The van der Waals surface area contributed by atoms with E-state index >= 15 is 0 Å².